The van der Waals surface area contributed by atoms with Crippen LogP contribution in [0.3, 0.4) is 0 Å². The number of halogens is 1. The molecule has 128 valence electrons. The number of hydrogen-bond acceptors (Lipinski definition) is 4. The first-order chi connectivity index (χ1) is 10.4. The van der Waals surface area contributed by atoms with Gasteiger partial charge in [0.15, 0.2) is 9.84 Å². The van der Waals surface area contributed by atoms with Crippen LogP contribution in [0.4, 0.5) is 0 Å². The Labute approximate surface area is 143 Å². The molecular formula is C16H22ClNO4S. The first-order valence-corrected chi connectivity index (χ1v) is 9.33. The van der Waals surface area contributed by atoms with Crippen LogP contribution in [0.5, 0.6) is 0 Å². The first-order valence-electron chi connectivity index (χ1n) is 7.68. The molecule has 3 rings (SSSR count). The average Bonchev–Trinajstić information content (AvgIpc) is 3.04. The SMILES string of the molecule is Cl.O=C(O)[C@@]12CCC[C@H]1CN(CCS(=O)(=O)c1ccccc1)C2. The van der Waals surface area contributed by atoms with E-state index in [1.54, 1.807) is 30.3 Å². The quantitative estimate of drug-likeness (QED) is 0.871. The number of carboxylic acid groups (broad SMARTS) is 1. The Bertz CT molecular complexity index is 664. The van der Waals surface area contributed by atoms with Crippen LogP contribution in [-0.2, 0) is 14.6 Å². The van der Waals surface area contributed by atoms with Crippen LogP contribution >= 0.6 is 12.4 Å². The Hall–Kier alpha value is -1.11. The van der Waals surface area contributed by atoms with E-state index in [0.717, 1.165) is 19.3 Å². The Kier molecular flexibility index (Phi) is 5.38. The minimum Gasteiger partial charge on any atom is -0.481 e. The summed E-state index contributed by atoms with van der Waals surface area (Å²) < 4.78 is 24.6. The molecule has 7 heteroatoms. The van der Waals surface area contributed by atoms with Crippen molar-refractivity contribution in [1.82, 2.24) is 4.90 Å². The summed E-state index contributed by atoms with van der Waals surface area (Å²) in [5.41, 5.74) is -0.642. The summed E-state index contributed by atoms with van der Waals surface area (Å²) >= 11 is 0. The highest BCUT2D eigenvalue weighted by atomic mass is 35.5. The smallest absolute Gasteiger partial charge is 0.311 e. The Morgan fingerprint density at radius 2 is 2.00 bits per heavy atom. The maximum Gasteiger partial charge on any atom is 0.311 e. The molecule has 0 bridgehead atoms. The van der Waals surface area contributed by atoms with Crippen LogP contribution < -0.4 is 0 Å². The van der Waals surface area contributed by atoms with Gasteiger partial charge in [0, 0.05) is 19.6 Å². The van der Waals surface area contributed by atoms with Gasteiger partial charge in [-0.15, -0.1) is 12.4 Å². The molecule has 0 amide bonds. The molecule has 0 aromatic heterocycles. The molecule has 2 atom stereocenters. The van der Waals surface area contributed by atoms with E-state index >= 15 is 0 Å². The van der Waals surface area contributed by atoms with E-state index in [4.69, 9.17) is 0 Å². The van der Waals surface area contributed by atoms with Crippen molar-refractivity contribution in [2.24, 2.45) is 11.3 Å². The van der Waals surface area contributed by atoms with Crippen LogP contribution in [0.15, 0.2) is 35.2 Å². The van der Waals surface area contributed by atoms with Crippen LogP contribution in [0.2, 0.25) is 0 Å². The Balaban J connectivity index is 0.00000192. The van der Waals surface area contributed by atoms with E-state index < -0.39 is 21.2 Å². The lowest BCUT2D eigenvalue weighted by molar-refractivity contribution is -0.149. The predicted molar refractivity (Wildman–Crippen MR) is 89.6 cm³/mol. The number of hydrogen-bond donors (Lipinski definition) is 1. The lowest BCUT2D eigenvalue weighted by Crippen LogP contribution is -2.36. The largest absolute Gasteiger partial charge is 0.481 e. The number of likely N-dealkylation sites (tertiary alicyclic amines) is 1. The number of nitrogens with zero attached hydrogens (tertiary/aromatic N) is 1. The van der Waals surface area contributed by atoms with Gasteiger partial charge in [0.05, 0.1) is 16.1 Å². The number of benzene rings is 1. The molecule has 0 spiro atoms. The summed E-state index contributed by atoms with van der Waals surface area (Å²) in [6, 6.07) is 8.43. The fourth-order valence-electron chi connectivity index (χ4n) is 3.91. The van der Waals surface area contributed by atoms with Crippen molar-refractivity contribution in [3.8, 4) is 0 Å². The van der Waals surface area contributed by atoms with Gasteiger partial charge in [0.25, 0.3) is 0 Å². The molecule has 2 aliphatic rings. The highest BCUT2D eigenvalue weighted by molar-refractivity contribution is 7.91. The molecule has 1 aliphatic heterocycles. The number of sulfone groups is 1. The zero-order chi connectivity index (χ0) is 15.8. The third-order valence-electron chi connectivity index (χ3n) is 5.15. The summed E-state index contributed by atoms with van der Waals surface area (Å²) in [7, 11) is -3.30. The van der Waals surface area contributed by atoms with Crippen LogP contribution in [0, 0.1) is 11.3 Å². The average molecular weight is 360 g/mol. The van der Waals surface area contributed by atoms with E-state index in [2.05, 4.69) is 0 Å². The van der Waals surface area contributed by atoms with Crippen molar-refractivity contribution in [2.75, 3.05) is 25.4 Å². The summed E-state index contributed by atoms with van der Waals surface area (Å²) in [6.45, 7) is 1.59. The highest BCUT2D eigenvalue weighted by Gasteiger charge is 2.54. The van der Waals surface area contributed by atoms with Gasteiger partial charge in [-0.3, -0.25) is 4.79 Å². The normalized spacial score (nSPS) is 27.4. The molecule has 1 saturated heterocycles. The van der Waals surface area contributed by atoms with Gasteiger partial charge in [-0.05, 0) is 30.9 Å². The number of carbonyl (C=O) groups is 1. The predicted octanol–water partition coefficient (Wildman–Crippen LogP) is 2.07. The molecule has 1 aromatic rings. The van der Waals surface area contributed by atoms with Crippen molar-refractivity contribution in [3.63, 3.8) is 0 Å². The Morgan fingerprint density at radius 1 is 1.30 bits per heavy atom. The molecule has 1 aliphatic carbocycles. The second-order valence-electron chi connectivity index (χ2n) is 6.42. The fraction of sp³-hybridized carbons (Fsp3) is 0.562. The van der Waals surface area contributed by atoms with Crippen molar-refractivity contribution < 1.29 is 18.3 Å². The second kappa shape index (κ2) is 6.79. The number of carboxylic acids is 1. The third-order valence-corrected chi connectivity index (χ3v) is 6.86. The van der Waals surface area contributed by atoms with Gasteiger partial charge < -0.3 is 10.0 Å². The van der Waals surface area contributed by atoms with Gasteiger partial charge in [-0.1, -0.05) is 24.6 Å². The lowest BCUT2D eigenvalue weighted by atomic mass is 9.81. The zero-order valence-corrected chi connectivity index (χ0v) is 14.5. The van der Waals surface area contributed by atoms with Crippen LogP contribution in [0.1, 0.15) is 19.3 Å². The molecule has 5 nitrogen and oxygen atoms in total. The molecular weight excluding hydrogens is 338 g/mol. The fourth-order valence-corrected chi connectivity index (χ4v) is 5.21. The first kappa shape index (κ1) is 18.2. The van der Waals surface area contributed by atoms with E-state index in [1.165, 1.54) is 0 Å². The zero-order valence-electron chi connectivity index (χ0n) is 12.8. The monoisotopic (exact) mass is 359 g/mol. The topological polar surface area (TPSA) is 74.7 Å². The molecule has 1 heterocycles. The minimum absolute atomic E-state index is 0. The van der Waals surface area contributed by atoms with Gasteiger partial charge in [-0.2, -0.15) is 0 Å². The number of fused-ring (bicyclic) bond motifs is 1. The molecule has 0 unspecified atom stereocenters. The Morgan fingerprint density at radius 3 is 2.61 bits per heavy atom. The van der Waals surface area contributed by atoms with Crippen molar-refractivity contribution >= 4 is 28.2 Å². The standard InChI is InChI=1S/C16H21NO4S.ClH/c18-15(19)16-8-4-5-13(16)11-17(12-16)9-10-22(20,21)14-6-2-1-3-7-14;/h1-3,6-7,13H,4-5,8-12H2,(H,18,19);1H/t13-,16+;/m0./s1. The summed E-state index contributed by atoms with van der Waals surface area (Å²) in [6.07, 6.45) is 2.62. The van der Waals surface area contributed by atoms with Crippen molar-refractivity contribution in [1.29, 1.82) is 0 Å². The van der Waals surface area contributed by atoms with E-state index in [0.29, 0.717) is 24.5 Å². The van der Waals surface area contributed by atoms with Crippen LogP contribution in [0.25, 0.3) is 0 Å². The summed E-state index contributed by atoms with van der Waals surface area (Å²) in [5, 5.41) is 9.55. The van der Waals surface area contributed by atoms with Gasteiger partial charge >= 0.3 is 5.97 Å². The van der Waals surface area contributed by atoms with E-state index in [-0.39, 0.29) is 24.1 Å². The number of rotatable bonds is 5. The van der Waals surface area contributed by atoms with Gasteiger partial charge in [0.1, 0.15) is 0 Å². The van der Waals surface area contributed by atoms with Crippen LogP contribution in [-0.4, -0.2) is 49.8 Å². The van der Waals surface area contributed by atoms with E-state index in [9.17, 15) is 18.3 Å². The highest BCUT2D eigenvalue weighted by Crippen LogP contribution is 2.48. The molecule has 23 heavy (non-hydrogen) atoms. The minimum atomic E-state index is -3.30. The van der Waals surface area contributed by atoms with Crippen molar-refractivity contribution in [2.45, 2.75) is 24.2 Å². The molecule has 1 N–H and O–H groups in total. The summed E-state index contributed by atoms with van der Waals surface area (Å²) in [4.78, 5) is 14.0. The molecule has 0 radical (unpaired) electrons. The molecule has 1 saturated carbocycles. The van der Waals surface area contributed by atoms with Gasteiger partial charge in [-0.25, -0.2) is 8.42 Å². The third kappa shape index (κ3) is 3.39. The van der Waals surface area contributed by atoms with Crippen molar-refractivity contribution in [3.05, 3.63) is 30.3 Å². The summed E-state index contributed by atoms with van der Waals surface area (Å²) in [5.74, 6) is -0.507. The van der Waals surface area contributed by atoms with Gasteiger partial charge in [0.2, 0.25) is 0 Å². The van der Waals surface area contributed by atoms with E-state index in [1.807, 2.05) is 4.90 Å². The molecule has 2 fully saturated rings. The lowest BCUT2D eigenvalue weighted by Gasteiger charge is -2.23. The molecule has 1 aromatic carbocycles. The number of aliphatic carboxylic acids is 1. The maximum absolute atomic E-state index is 12.3. The maximum atomic E-state index is 12.3. The second-order valence-corrected chi connectivity index (χ2v) is 8.53.